The van der Waals surface area contributed by atoms with Crippen molar-refractivity contribution >= 4 is 10.9 Å². The van der Waals surface area contributed by atoms with Crippen LogP contribution in [0.25, 0.3) is 10.9 Å². The minimum Gasteiger partial charge on any atom is -0.454 e. The quantitative estimate of drug-likeness (QED) is 0.796. The van der Waals surface area contributed by atoms with Crippen LogP contribution in [0, 0.1) is 11.3 Å². The first-order valence-electron chi connectivity index (χ1n) is 6.47. The molecule has 2 aromatic carbocycles. The maximum Gasteiger partial charge on any atom is 0.153 e. The number of para-hydroxylation sites is 1. The largest absolute Gasteiger partial charge is 0.454 e. The number of hydrogen-bond donors (Lipinski definition) is 1. The van der Waals surface area contributed by atoms with E-state index in [1.807, 2.05) is 30.3 Å². The molecular formula is C17H12N2O2. The van der Waals surface area contributed by atoms with E-state index in [1.54, 1.807) is 24.4 Å². The van der Waals surface area contributed by atoms with Crippen LogP contribution in [-0.2, 0) is 6.61 Å². The lowest BCUT2D eigenvalue weighted by Gasteiger charge is -2.10. The summed E-state index contributed by atoms with van der Waals surface area (Å²) in [5, 5.41) is 19.3. The van der Waals surface area contributed by atoms with E-state index < -0.39 is 0 Å². The Morgan fingerprint density at radius 3 is 2.76 bits per heavy atom. The maximum absolute atomic E-state index is 9.20. The zero-order chi connectivity index (χ0) is 14.7. The molecular weight excluding hydrogens is 264 g/mol. The first-order chi connectivity index (χ1) is 10.3. The molecule has 0 aliphatic rings. The molecule has 0 saturated carbocycles. The molecule has 0 fully saturated rings. The summed E-state index contributed by atoms with van der Waals surface area (Å²) in [6, 6.07) is 16.6. The number of pyridine rings is 1. The van der Waals surface area contributed by atoms with Crippen LogP contribution in [0.15, 0.2) is 54.7 Å². The molecule has 21 heavy (non-hydrogen) atoms. The van der Waals surface area contributed by atoms with Gasteiger partial charge in [-0.15, -0.1) is 0 Å². The number of nitrogens with zero attached hydrogens (tertiary/aromatic N) is 2. The van der Waals surface area contributed by atoms with E-state index in [-0.39, 0.29) is 6.61 Å². The minimum absolute atomic E-state index is 0.106. The highest BCUT2D eigenvalue weighted by Gasteiger charge is 2.09. The van der Waals surface area contributed by atoms with Crippen molar-refractivity contribution in [2.24, 2.45) is 0 Å². The fourth-order valence-corrected chi connectivity index (χ4v) is 2.13. The lowest BCUT2D eigenvalue weighted by molar-refractivity contribution is 0.281. The van der Waals surface area contributed by atoms with E-state index in [0.717, 1.165) is 10.9 Å². The van der Waals surface area contributed by atoms with E-state index in [0.29, 0.717) is 22.6 Å². The molecule has 1 heterocycles. The van der Waals surface area contributed by atoms with Gasteiger partial charge in [0.05, 0.1) is 12.2 Å². The van der Waals surface area contributed by atoms with Crippen molar-refractivity contribution in [1.29, 1.82) is 5.26 Å². The molecule has 0 saturated heterocycles. The van der Waals surface area contributed by atoms with Gasteiger partial charge in [0.25, 0.3) is 0 Å². The molecule has 0 spiro atoms. The van der Waals surface area contributed by atoms with Gasteiger partial charge in [-0.1, -0.05) is 24.3 Å². The number of benzene rings is 2. The van der Waals surface area contributed by atoms with Crippen LogP contribution >= 0.6 is 0 Å². The Morgan fingerprint density at radius 1 is 1.10 bits per heavy atom. The predicted octanol–water partition coefficient (Wildman–Crippen LogP) is 3.39. The smallest absolute Gasteiger partial charge is 0.153 e. The third kappa shape index (κ3) is 2.55. The monoisotopic (exact) mass is 276 g/mol. The zero-order valence-electron chi connectivity index (χ0n) is 11.2. The lowest BCUT2D eigenvalue weighted by atomic mass is 10.1. The van der Waals surface area contributed by atoms with E-state index in [9.17, 15) is 5.26 Å². The molecule has 102 valence electrons. The topological polar surface area (TPSA) is 66.1 Å². The minimum atomic E-state index is -0.106. The van der Waals surface area contributed by atoms with Crippen LogP contribution < -0.4 is 4.74 Å². The number of aromatic nitrogens is 1. The molecule has 0 aliphatic heterocycles. The van der Waals surface area contributed by atoms with Gasteiger partial charge in [-0.3, -0.25) is 4.98 Å². The Hall–Kier alpha value is -2.90. The van der Waals surface area contributed by atoms with E-state index in [2.05, 4.69) is 11.1 Å². The van der Waals surface area contributed by atoms with Crippen molar-refractivity contribution < 1.29 is 9.84 Å². The van der Waals surface area contributed by atoms with Crippen LogP contribution in [0.5, 0.6) is 11.5 Å². The van der Waals surface area contributed by atoms with Gasteiger partial charge < -0.3 is 9.84 Å². The van der Waals surface area contributed by atoms with Gasteiger partial charge in [0.15, 0.2) is 5.75 Å². The lowest BCUT2D eigenvalue weighted by Crippen LogP contribution is -1.92. The Balaban J connectivity index is 2.05. The van der Waals surface area contributed by atoms with Gasteiger partial charge >= 0.3 is 0 Å². The summed E-state index contributed by atoms with van der Waals surface area (Å²) >= 11 is 0. The number of fused-ring (bicyclic) bond motifs is 1. The number of aliphatic hydroxyl groups is 1. The van der Waals surface area contributed by atoms with Crippen LogP contribution in [-0.4, -0.2) is 10.1 Å². The molecule has 0 radical (unpaired) electrons. The van der Waals surface area contributed by atoms with Crippen molar-refractivity contribution in [3.63, 3.8) is 0 Å². The van der Waals surface area contributed by atoms with Gasteiger partial charge in [-0.2, -0.15) is 5.26 Å². The SMILES string of the molecule is N#Cc1cc(CO)ccc1Oc1cccc2cccnc12. The predicted molar refractivity (Wildman–Crippen MR) is 78.9 cm³/mol. The summed E-state index contributed by atoms with van der Waals surface area (Å²) in [7, 11) is 0. The Kier molecular flexibility index (Phi) is 3.50. The van der Waals surface area contributed by atoms with E-state index in [1.165, 1.54) is 0 Å². The Labute approximate surface area is 121 Å². The van der Waals surface area contributed by atoms with Crippen molar-refractivity contribution in [3.05, 3.63) is 65.9 Å². The van der Waals surface area contributed by atoms with Gasteiger partial charge in [-0.05, 0) is 29.8 Å². The summed E-state index contributed by atoms with van der Waals surface area (Å²) in [4.78, 5) is 4.32. The molecule has 0 bridgehead atoms. The van der Waals surface area contributed by atoms with Gasteiger partial charge in [-0.25, -0.2) is 0 Å². The van der Waals surface area contributed by atoms with Crippen LogP contribution in [0.4, 0.5) is 0 Å². The summed E-state index contributed by atoms with van der Waals surface area (Å²) in [5.74, 6) is 1.05. The number of hydrogen-bond acceptors (Lipinski definition) is 4. The summed E-state index contributed by atoms with van der Waals surface area (Å²) < 4.78 is 5.85. The molecule has 1 aromatic heterocycles. The Morgan fingerprint density at radius 2 is 1.95 bits per heavy atom. The molecule has 0 atom stereocenters. The highest BCUT2D eigenvalue weighted by Crippen LogP contribution is 2.30. The summed E-state index contributed by atoms with van der Waals surface area (Å²) in [6.07, 6.45) is 1.70. The normalized spacial score (nSPS) is 10.3. The maximum atomic E-state index is 9.20. The summed E-state index contributed by atoms with van der Waals surface area (Å²) in [5.41, 5.74) is 1.81. The molecule has 0 unspecified atom stereocenters. The third-order valence-corrected chi connectivity index (χ3v) is 3.16. The average molecular weight is 276 g/mol. The highest BCUT2D eigenvalue weighted by atomic mass is 16.5. The summed E-state index contributed by atoms with van der Waals surface area (Å²) in [6.45, 7) is -0.106. The fourth-order valence-electron chi connectivity index (χ4n) is 2.13. The second kappa shape index (κ2) is 5.61. The van der Waals surface area contributed by atoms with E-state index in [4.69, 9.17) is 9.84 Å². The number of nitriles is 1. The number of ether oxygens (including phenoxy) is 1. The van der Waals surface area contributed by atoms with Crippen LogP contribution in [0.2, 0.25) is 0 Å². The first kappa shape index (κ1) is 13.1. The standard InChI is InChI=1S/C17H12N2O2/c18-10-14-9-12(11-20)6-7-15(14)21-16-5-1-3-13-4-2-8-19-17(13)16/h1-9,20H,11H2. The Bertz CT molecular complexity index is 832. The number of aliphatic hydroxyl groups excluding tert-OH is 1. The van der Waals surface area contributed by atoms with Crippen molar-refractivity contribution in [2.45, 2.75) is 6.61 Å². The van der Waals surface area contributed by atoms with Crippen LogP contribution in [0.3, 0.4) is 0 Å². The van der Waals surface area contributed by atoms with Gasteiger partial charge in [0, 0.05) is 11.6 Å². The number of rotatable bonds is 3. The van der Waals surface area contributed by atoms with Gasteiger partial charge in [0.2, 0.25) is 0 Å². The third-order valence-electron chi connectivity index (χ3n) is 3.16. The molecule has 1 N–H and O–H groups in total. The molecule has 3 rings (SSSR count). The average Bonchev–Trinajstić information content (AvgIpc) is 2.55. The van der Waals surface area contributed by atoms with Crippen molar-refractivity contribution in [3.8, 4) is 17.6 Å². The molecule has 4 heteroatoms. The fraction of sp³-hybridized carbons (Fsp3) is 0.0588. The van der Waals surface area contributed by atoms with Crippen molar-refractivity contribution in [2.75, 3.05) is 0 Å². The van der Waals surface area contributed by atoms with Crippen molar-refractivity contribution in [1.82, 2.24) is 4.98 Å². The molecule has 3 aromatic rings. The second-order valence-electron chi connectivity index (χ2n) is 4.53. The van der Waals surface area contributed by atoms with Crippen LogP contribution in [0.1, 0.15) is 11.1 Å². The highest BCUT2D eigenvalue weighted by molar-refractivity contribution is 5.84. The van der Waals surface area contributed by atoms with Gasteiger partial charge in [0.1, 0.15) is 17.3 Å². The zero-order valence-corrected chi connectivity index (χ0v) is 11.2. The first-order valence-corrected chi connectivity index (χ1v) is 6.47. The molecule has 0 aliphatic carbocycles. The molecule has 4 nitrogen and oxygen atoms in total. The molecule has 0 amide bonds. The van der Waals surface area contributed by atoms with E-state index >= 15 is 0 Å². The second-order valence-corrected chi connectivity index (χ2v) is 4.53.